The highest BCUT2D eigenvalue weighted by Crippen LogP contribution is 2.21. The average Bonchev–Trinajstić information content (AvgIpc) is 3.12. The van der Waals surface area contributed by atoms with Crippen molar-refractivity contribution in [2.75, 3.05) is 18.1 Å². The highest BCUT2D eigenvalue weighted by atomic mass is 32.2. The van der Waals surface area contributed by atoms with Crippen molar-refractivity contribution in [2.24, 2.45) is 0 Å². The molecule has 0 aliphatic carbocycles. The van der Waals surface area contributed by atoms with E-state index >= 15 is 0 Å². The second-order valence-corrected chi connectivity index (χ2v) is 7.73. The SMILES string of the molecule is CCN(Cc1noc(-c2ccccc2)n1)[C@@H]1CCS(=O)(=O)C1. The zero-order valence-electron chi connectivity index (χ0n) is 12.5. The molecule has 1 aliphatic heterocycles. The largest absolute Gasteiger partial charge is 0.334 e. The van der Waals surface area contributed by atoms with Crippen LogP contribution in [-0.2, 0) is 16.4 Å². The van der Waals surface area contributed by atoms with Crippen LogP contribution in [0.5, 0.6) is 0 Å². The maximum Gasteiger partial charge on any atom is 0.257 e. The van der Waals surface area contributed by atoms with Gasteiger partial charge in [0, 0.05) is 11.6 Å². The minimum Gasteiger partial charge on any atom is -0.334 e. The van der Waals surface area contributed by atoms with E-state index in [1.165, 1.54) is 0 Å². The van der Waals surface area contributed by atoms with Crippen molar-refractivity contribution in [1.29, 1.82) is 0 Å². The van der Waals surface area contributed by atoms with Crippen LogP contribution in [0.2, 0.25) is 0 Å². The van der Waals surface area contributed by atoms with Gasteiger partial charge in [-0.15, -0.1) is 0 Å². The zero-order valence-corrected chi connectivity index (χ0v) is 13.3. The molecular weight excluding hydrogens is 302 g/mol. The fraction of sp³-hybridized carbons (Fsp3) is 0.467. The first-order chi connectivity index (χ1) is 10.6. The average molecular weight is 321 g/mol. The van der Waals surface area contributed by atoms with Gasteiger partial charge >= 0.3 is 0 Å². The summed E-state index contributed by atoms with van der Waals surface area (Å²) in [7, 11) is -2.89. The lowest BCUT2D eigenvalue weighted by atomic mass is 10.2. The van der Waals surface area contributed by atoms with Crippen molar-refractivity contribution in [3.8, 4) is 11.5 Å². The fourth-order valence-electron chi connectivity index (χ4n) is 2.76. The van der Waals surface area contributed by atoms with Gasteiger partial charge in [-0.3, -0.25) is 4.90 Å². The van der Waals surface area contributed by atoms with Gasteiger partial charge in [0.1, 0.15) is 0 Å². The van der Waals surface area contributed by atoms with Crippen molar-refractivity contribution in [2.45, 2.75) is 25.9 Å². The number of sulfone groups is 1. The van der Waals surface area contributed by atoms with Crippen LogP contribution in [0.15, 0.2) is 34.9 Å². The Morgan fingerprint density at radius 3 is 2.73 bits per heavy atom. The topological polar surface area (TPSA) is 76.3 Å². The maximum atomic E-state index is 11.6. The van der Waals surface area contributed by atoms with Gasteiger partial charge in [0.05, 0.1) is 18.1 Å². The monoisotopic (exact) mass is 321 g/mol. The van der Waals surface area contributed by atoms with Crippen LogP contribution in [0.25, 0.3) is 11.5 Å². The molecule has 7 heteroatoms. The first-order valence-corrected chi connectivity index (χ1v) is 9.22. The van der Waals surface area contributed by atoms with Crippen LogP contribution in [0.3, 0.4) is 0 Å². The first-order valence-electron chi connectivity index (χ1n) is 7.40. The molecule has 22 heavy (non-hydrogen) atoms. The number of benzene rings is 1. The molecule has 3 rings (SSSR count). The van der Waals surface area contributed by atoms with Crippen molar-refractivity contribution in [1.82, 2.24) is 15.0 Å². The van der Waals surface area contributed by atoms with Crippen LogP contribution >= 0.6 is 0 Å². The summed E-state index contributed by atoms with van der Waals surface area (Å²) < 4.78 is 28.5. The molecule has 1 aromatic heterocycles. The highest BCUT2D eigenvalue weighted by molar-refractivity contribution is 7.91. The Hall–Kier alpha value is -1.73. The van der Waals surface area contributed by atoms with Gasteiger partial charge in [-0.1, -0.05) is 30.3 Å². The molecule has 0 amide bonds. The Kier molecular flexibility index (Phi) is 4.26. The molecule has 0 N–H and O–H groups in total. The lowest BCUT2D eigenvalue weighted by molar-refractivity contribution is 0.207. The number of hydrogen-bond acceptors (Lipinski definition) is 6. The fourth-order valence-corrected chi connectivity index (χ4v) is 4.52. The molecular formula is C15H19N3O3S. The second-order valence-electron chi connectivity index (χ2n) is 5.50. The summed E-state index contributed by atoms with van der Waals surface area (Å²) in [5.74, 6) is 1.58. The van der Waals surface area contributed by atoms with Crippen molar-refractivity contribution >= 4 is 9.84 Å². The van der Waals surface area contributed by atoms with Gasteiger partial charge in [0.2, 0.25) is 0 Å². The van der Waals surface area contributed by atoms with Gasteiger partial charge in [0.15, 0.2) is 15.7 Å². The maximum absolute atomic E-state index is 11.6. The van der Waals surface area contributed by atoms with Crippen LogP contribution in [0, 0.1) is 0 Å². The van der Waals surface area contributed by atoms with Crippen molar-refractivity contribution in [3.63, 3.8) is 0 Å². The van der Waals surface area contributed by atoms with E-state index in [1.54, 1.807) is 0 Å². The van der Waals surface area contributed by atoms with E-state index in [4.69, 9.17) is 4.52 Å². The Labute approximate surface area is 130 Å². The molecule has 0 bridgehead atoms. The standard InChI is InChI=1S/C15H19N3O3S/c1-2-18(13-8-9-22(19,20)11-13)10-14-16-15(21-17-14)12-6-4-3-5-7-12/h3-7,13H,2,8-11H2,1H3/t13-/m1/s1. The minimum absolute atomic E-state index is 0.0497. The number of rotatable bonds is 5. The van der Waals surface area contributed by atoms with Crippen LogP contribution in [0.1, 0.15) is 19.2 Å². The molecule has 0 radical (unpaired) electrons. The van der Waals surface area contributed by atoms with E-state index in [-0.39, 0.29) is 17.5 Å². The third kappa shape index (κ3) is 3.36. The predicted molar refractivity (Wildman–Crippen MR) is 82.9 cm³/mol. The summed E-state index contributed by atoms with van der Waals surface area (Å²) in [6, 6.07) is 9.65. The Morgan fingerprint density at radius 1 is 1.32 bits per heavy atom. The summed E-state index contributed by atoms with van der Waals surface area (Å²) in [4.78, 5) is 6.51. The Balaban J connectivity index is 1.71. The van der Waals surface area contributed by atoms with Gasteiger partial charge in [-0.2, -0.15) is 4.98 Å². The summed E-state index contributed by atoms with van der Waals surface area (Å²) >= 11 is 0. The van der Waals surface area contributed by atoms with E-state index in [9.17, 15) is 8.42 Å². The number of hydrogen-bond donors (Lipinski definition) is 0. The van der Waals surface area contributed by atoms with E-state index < -0.39 is 9.84 Å². The van der Waals surface area contributed by atoms with Crippen LogP contribution in [0.4, 0.5) is 0 Å². The smallest absolute Gasteiger partial charge is 0.257 e. The molecule has 1 atom stereocenters. The van der Waals surface area contributed by atoms with Gasteiger partial charge < -0.3 is 4.52 Å². The van der Waals surface area contributed by atoms with Gasteiger partial charge in [-0.25, -0.2) is 8.42 Å². The molecule has 1 fully saturated rings. The van der Waals surface area contributed by atoms with E-state index in [0.717, 1.165) is 12.1 Å². The Morgan fingerprint density at radius 2 is 2.09 bits per heavy atom. The summed E-state index contributed by atoms with van der Waals surface area (Å²) in [6.45, 7) is 3.28. The lowest BCUT2D eigenvalue weighted by Gasteiger charge is -2.24. The normalized spacial score (nSPS) is 20.5. The van der Waals surface area contributed by atoms with E-state index in [0.29, 0.717) is 24.7 Å². The molecule has 0 unspecified atom stereocenters. The first kappa shape index (κ1) is 15.2. The number of nitrogens with zero attached hydrogens (tertiary/aromatic N) is 3. The molecule has 6 nitrogen and oxygen atoms in total. The summed E-state index contributed by atoms with van der Waals surface area (Å²) in [6.07, 6.45) is 0.680. The molecule has 1 saturated heterocycles. The minimum atomic E-state index is -2.89. The quantitative estimate of drug-likeness (QED) is 0.835. The second kappa shape index (κ2) is 6.18. The van der Waals surface area contributed by atoms with Gasteiger partial charge in [0.25, 0.3) is 5.89 Å². The summed E-state index contributed by atoms with van der Waals surface area (Å²) in [5.41, 5.74) is 0.882. The molecule has 1 aromatic carbocycles. The molecule has 1 aliphatic rings. The molecule has 2 heterocycles. The van der Waals surface area contributed by atoms with Crippen LogP contribution < -0.4 is 0 Å². The van der Waals surface area contributed by atoms with E-state index in [1.807, 2.05) is 37.3 Å². The molecule has 118 valence electrons. The third-order valence-electron chi connectivity index (χ3n) is 3.96. The van der Waals surface area contributed by atoms with Crippen molar-refractivity contribution < 1.29 is 12.9 Å². The Bertz CT molecular complexity index is 728. The third-order valence-corrected chi connectivity index (χ3v) is 5.71. The molecule has 0 spiro atoms. The molecule has 2 aromatic rings. The lowest BCUT2D eigenvalue weighted by Crippen LogP contribution is -2.35. The highest BCUT2D eigenvalue weighted by Gasteiger charge is 2.32. The van der Waals surface area contributed by atoms with Gasteiger partial charge in [-0.05, 0) is 25.1 Å². The van der Waals surface area contributed by atoms with E-state index in [2.05, 4.69) is 15.0 Å². The summed E-state index contributed by atoms with van der Waals surface area (Å²) in [5, 5.41) is 4.01. The number of aromatic nitrogens is 2. The zero-order chi connectivity index (χ0) is 15.6. The molecule has 0 saturated carbocycles. The predicted octanol–water partition coefficient (Wildman–Crippen LogP) is 1.75. The van der Waals surface area contributed by atoms with Crippen molar-refractivity contribution in [3.05, 3.63) is 36.2 Å². The van der Waals surface area contributed by atoms with Crippen LogP contribution in [-0.4, -0.2) is 47.6 Å².